The van der Waals surface area contributed by atoms with E-state index in [-0.39, 0.29) is 0 Å². The summed E-state index contributed by atoms with van der Waals surface area (Å²) in [4.78, 5) is 2.51. The highest BCUT2D eigenvalue weighted by Crippen LogP contribution is 2.64. The highest BCUT2D eigenvalue weighted by molar-refractivity contribution is 6.14. The van der Waals surface area contributed by atoms with Gasteiger partial charge in [0.15, 0.2) is 0 Å². The molecule has 1 spiro atoms. The van der Waals surface area contributed by atoms with Crippen LogP contribution in [0.4, 0.5) is 17.1 Å². The molecule has 292 valence electrons. The first-order chi connectivity index (χ1) is 30.8. The maximum absolute atomic E-state index is 2.57. The van der Waals surface area contributed by atoms with E-state index in [9.17, 15) is 0 Å². The van der Waals surface area contributed by atoms with E-state index in [0.717, 1.165) is 24.2 Å². The molecule has 0 radical (unpaired) electrons. The van der Waals surface area contributed by atoms with Crippen molar-refractivity contribution in [3.05, 3.63) is 246 Å². The summed E-state index contributed by atoms with van der Waals surface area (Å²) in [5.74, 6) is 0. The van der Waals surface area contributed by atoms with E-state index in [1.165, 1.54) is 118 Å². The van der Waals surface area contributed by atoms with E-state index in [2.05, 4.69) is 217 Å². The van der Waals surface area contributed by atoms with Crippen molar-refractivity contribution in [1.82, 2.24) is 0 Å². The van der Waals surface area contributed by atoms with Gasteiger partial charge in [0, 0.05) is 16.9 Å². The molecule has 10 aromatic carbocycles. The van der Waals surface area contributed by atoms with Crippen LogP contribution in [-0.2, 0) is 18.3 Å². The van der Waals surface area contributed by atoms with Crippen LogP contribution in [-0.4, -0.2) is 0 Å². The summed E-state index contributed by atoms with van der Waals surface area (Å²) in [6.07, 6.45) is 4.81. The summed E-state index contributed by atoms with van der Waals surface area (Å²) in [5.41, 5.74) is 21.7. The van der Waals surface area contributed by atoms with Crippen molar-refractivity contribution >= 4 is 38.6 Å². The van der Waals surface area contributed by atoms with Crippen LogP contribution in [0.2, 0.25) is 0 Å². The van der Waals surface area contributed by atoms with Crippen molar-refractivity contribution in [1.29, 1.82) is 0 Å². The highest BCUT2D eigenvalue weighted by Gasteiger charge is 2.52. The quantitative estimate of drug-likeness (QED) is 0.157. The molecule has 0 saturated carbocycles. The molecule has 0 heterocycles. The van der Waals surface area contributed by atoms with Crippen molar-refractivity contribution in [2.75, 3.05) is 4.90 Å². The summed E-state index contributed by atoms with van der Waals surface area (Å²) in [7, 11) is 0. The van der Waals surface area contributed by atoms with Gasteiger partial charge in [-0.3, -0.25) is 0 Å². The van der Waals surface area contributed by atoms with Crippen LogP contribution in [0.5, 0.6) is 0 Å². The van der Waals surface area contributed by atoms with Gasteiger partial charge in [-0.05, 0) is 162 Å². The van der Waals surface area contributed by atoms with Gasteiger partial charge in [-0.2, -0.15) is 0 Å². The first-order valence-corrected chi connectivity index (χ1v) is 22.2. The van der Waals surface area contributed by atoms with Gasteiger partial charge in [0.2, 0.25) is 0 Å². The fourth-order valence-corrected chi connectivity index (χ4v) is 11.5. The topological polar surface area (TPSA) is 3.24 Å². The molecule has 0 aliphatic heterocycles. The number of hydrogen-bond donors (Lipinski definition) is 0. The lowest BCUT2D eigenvalue weighted by Crippen LogP contribution is -2.26. The van der Waals surface area contributed by atoms with E-state index in [0.29, 0.717) is 0 Å². The van der Waals surface area contributed by atoms with E-state index in [4.69, 9.17) is 0 Å². The number of hydrogen-bond acceptors (Lipinski definition) is 1. The minimum atomic E-state index is -0.453. The summed E-state index contributed by atoms with van der Waals surface area (Å²) >= 11 is 0. The van der Waals surface area contributed by atoms with Crippen LogP contribution >= 0.6 is 0 Å². The van der Waals surface area contributed by atoms with E-state index >= 15 is 0 Å². The number of nitrogens with zero attached hydrogens (tertiary/aromatic N) is 1. The third-order valence-corrected chi connectivity index (χ3v) is 14.2. The first-order valence-electron chi connectivity index (χ1n) is 22.2. The molecule has 0 bridgehead atoms. The van der Waals surface area contributed by atoms with Crippen LogP contribution in [0.25, 0.3) is 66.1 Å². The fraction of sp³-hybridized carbons (Fsp3) is 0.0820. The SMILES string of the molecule is c1ccc(N(c2ccc(-c3cc4ccccc4c4ccccc34)cc2)c2cc3c(cc2-c2ccc4c(c2)CCCC4)-c2ccccc2C32c3ccccc3-c3ccccc32)cc1. The zero-order chi connectivity index (χ0) is 40.8. The molecular formula is C61H43N. The molecule has 13 rings (SSSR count). The van der Waals surface area contributed by atoms with E-state index < -0.39 is 5.41 Å². The summed E-state index contributed by atoms with van der Waals surface area (Å²) in [6.45, 7) is 0. The molecule has 0 atom stereocenters. The maximum Gasteiger partial charge on any atom is 0.0726 e. The largest absolute Gasteiger partial charge is 0.310 e. The number of benzene rings is 10. The predicted molar refractivity (Wildman–Crippen MR) is 260 cm³/mol. The Labute approximate surface area is 363 Å². The van der Waals surface area contributed by atoms with Gasteiger partial charge in [-0.25, -0.2) is 0 Å². The Balaban J connectivity index is 1.08. The van der Waals surface area contributed by atoms with Crippen LogP contribution in [0.1, 0.15) is 46.2 Å². The van der Waals surface area contributed by atoms with Crippen molar-refractivity contribution in [2.45, 2.75) is 31.1 Å². The van der Waals surface area contributed by atoms with Gasteiger partial charge >= 0.3 is 0 Å². The molecule has 62 heavy (non-hydrogen) atoms. The normalized spacial score (nSPS) is 14.0. The number of para-hydroxylation sites is 1. The second-order valence-electron chi connectivity index (χ2n) is 17.4. The Morgan fingerprint density at radius 1 is 0.323 bits per heavy atom. The third kappa shape index (κ3) is 5.09. The van der Waals surface area contributed by atoms with E-state index in [1.54, 1.807) is 0 Å². The maximum atomic E-state index is 2.57. The molecule has 0 fully saturated rings. The van der Waals surface area contributed by atoms with Crippen molar-refractivity contribution < 1.29 is 0 Å². The monoisotopic (exact) mass is 789 g/mol. The highest BCUT2D eigenvalue weighted by atomic mass is 15.1. The lowest BCUT2D eigenvalue weighted by atomic mass is 9.70. The molecule has 0 saturated heterocycles. The van der Waals surface area contributed by atoms with E-state index in [1.807, 2.05) is 0 Å². The van der Waals surface area contributed by atoms with Crippen molar-refractivity contribution in [3.8, 4) is 44.5 Å². The lowest BCUT2D eigenvalue weighted by Gasteiger charge is -2.33. The Morgan fingerprint density at radius 3 is 1.58 bits per heavy atom. The predicted octanol–water partition coefficient (Wildman–Crippen LogP) is 16.0. The number of anilines is 3. The molecule has 1 nitrogen and oxygen atoms in total. The Bertz CT molecular complexity index is 3370. The summed E-state index contributed by atoms with van der Waals surface area (Å²) in [5, 5.41) is 5.11. The Kier molecular flexibility index (Phi) is 7.84. The zero-order valence-electron chi connectivity index (χ0n) is 34.5. The van der Waals surface area contributed by atoms with Gasteiger partial charge in [-0.15, -0.1) is 0 Å². The number of rotatable bonds is 5. The zero-order valence-corrected chi connectivity index (χ0v) is 34.5. The van der Waals surface area contributed by atoms with Gasteiger partial charge in [-0.1, -0.05) is 170 Å². The molecular weight excluding hydrogens is 747 g/mol. The molecule has 3 aliphatic rings. The Hall–Kier alpha value is -7.48. The molecule has 3 aliphatic carbocycles. The van der Waals surface area contributed by atoms with Crippen LogP contribution < -0.4 is 4.90 Å². The van der Waals surface area contributed by atoms with Gasteiger partial charge in [0.25, 0.3) is 0 Å². The van der Waals surface area contributed by atoms with Crippen molar-refractivity contribution in [3.63, 3.8) is 0 Å². The number of fused-ring (bicyclic) bond motifs is 14. The average molecular weight is 790 g/mol. The van der Waals surface area contributed by atoms with Crippen molar-refractivity contribution in [2.24, 2.45) is 0 Å². The second-order valence-corrected chi connectivity index (χ2v) is 17.4. The standard InChI is InChI=1S/C61H43N/c1-2-19-45(20-3-1)62(46-34-32-41(33-35-46)53-37-43-18-6-7-21-47(43)48-22-8-9-23-49(48)53)60-39-59-55(38-54(60)44-31-30-40-16-4-5-17-42(40)36-44)52-26-12-15-29-58(52)61(59)56-27-13-10-24-50(56)51-25-11-14-28-57(51)61/h1-3,6-15,18-39H,4-5,16-17H2. The second kappa shape index (κ2) is 13.8. The molecule has 0 aromatic heterocycles. The molecule has 0 N–H and O–H groups in total. The minimum absolute atomic E-state index is 0.453. The molecule has 1 heteroatoms. The number of aryl methyl sites for hydroxylation is 2. The molecule has 10 aromatic rings. The van der Waals surface area contributed by atoms with Crippen LogP contribution in [0, 0.1) is 0 Å². The fourth-order valence-electron chi connectivity index (χ4n) is 11.5. The van der Waals surface area contributed by atoms with Crippen LogP contribution in [0.15, 0.2) is 212 Å². The minimum Gasteiger partial charge on any atom is -0.310 e. The van der Waals surface area contributed by atoms with Gasteiger partial charge < -0.3 is 4.90 Å². The van der Waals surface area contributed by atoms with Gasteiger partial charge in [0.05, 0.1) is 11.1 Å². The van der Waals surface area contributed by atoms with Gasteiger partial charge in [0.1, 0.15) is 0 Å². The smallest absolute Gasteiger partial charge is 0.0726 e. The summed E-state index contributed by atoms with van der Waals surface area (Å²) < 4.78 is 0. The average Bonchev–Trinajstić information content (AvgIpc) is 3.81. The van der Waals surface area contributed by atoms with Crippen LogP contribution in [0.3, 0.4) is 0 Å². The molecule has 0 amide bonds. The lowest BCUT2D eigenvalue weighted by molar-refractivity contribution is 0.686. The summed E-state index contributed by atoms with van der Waals surface area (Å²) in [6, 6.07) is 80.2. The molecule has 0 unspecified atom stereocenters. The Morgan fingerprint density at radius 2 is 0.871 bits per heavy atom. The first kappa shape index (κ1) is 35.3. The third-order valence-electron chi connectivity index (χ3n) is 14.2.